The van der Waals surface area contributed by atoms with E-state index in [1.165, 1.54) is 57.8 Å². The minimum Gasteiger partial charge on any atom is -0.403 e. The molecular formula is C27H32FN5O2. The number of hydrogen-bond acceptors (Lipinski definition) is 6. The van der Waals surface area contributed by atoms with Gasteiger partial charge in [-0.3, -0.25) is 4.79 Å². The molecule has 2 heterocycles. The standard InChI is InChI=1S/C27H32FN5O2/c28-24-17-22(29-25(34)20-7-3-1-4-8-20)13-14-23(24)26-31-32-27(35-26)30-21-11-9-19(10-12-21)18-33-15-5-2-6-16-33/h1,3-4,7-8,13-14,17,19,21H,2,5-6,9-12,15-16,18H2,(H,29,34)(H,30,32). The van der Waals surface area contributed by atoms with Gasteiger partial charge in [-0.1, -0.05) is 29.7 Å². The average molecular weight is 478 g/mol. The summed E-state index contributed by atoms with van der Waals surface area (Å²) in [7, 11) is 0. The van der Waals surface area contributed by atoms with Crippen molar-refractivity contribution in [2.75, 3.05) is 30.3 Å². The molecule has 1 saturated carbocycles. The Morgan fingerprint density at radius 2 is 1.77 bits per heavy atom. The SMILES string of the molecule is O=C(Nc1ccc(-c2nnc(NC3CCC(CN4CCCCC4)CC3)o2)c(F)c1)c1ccccc1. The van der Waals surface area contributed by atoms with E-state index in [1.807, 2.05) is 6.07 Å². The number of halogens is 1. The lowest BCUT2D eigenvalue weighted by atomic mass is 9.85. The van der Waals surface area contributed by atoms with E-state index in [-0.39, 0.29) is 17.4 Å². The largest absolute Gasteiger partial charge is 0.403 e. The number of carbonyl (C=O) groups is 1. The minimum atomic E-state index is -0.538. The molecule has 2 N–H and O–H groups in total. The highest BCUT2D eigenvalue weighted by Gasteiger charge is 2.25. The molecule has 2 aliphatic rings. The Kier molecular flexibility index (Phi) is 7.37. The van der Waals surface area contributed by atoms with E-state index in [2.05, 4.69) is 25.7 Å². The highest BCUT2D eigenvalue weighted by atomic mass is 19.1. The van der Waals surface area contributed by atoms with Crippen LogP contribution in [0.3, 0.4) is 0 Å². The smallest absolute Gasteiger partial charge is 0.315 e. The molecule has 8 heteroatoms. The minimum absolute atomic E-state index is 0.115. The summed E-state index contributed by atoms with van der Waals surface area (Å²) in [6.07, 6.45) is 8.57. The highest BCUT2D eigenvalue weighted by Crippen LogP contribution is 2.30. The van der Waals surface area contributed by atoms with E-state index < -0.39 is 5.82 Å². The quantitative estimate of drug-likeness (QED) is 0.462. The van der Waals surface area contributed by atoms with Crippen molar-refractivity contribution < 1.29 is 13.6 Å². The van der Waals surface area contributed by atoms with E-state index in [0.29, 0.717) is 23.3 Å². The first-order valence-electron chi connectivity index (χ1n) is 12.6. The average Bonchev–Trinajstić information content (AvgIpc) is 3.34. The lowest BCUT2D eigenvalue weighted by Crippen LogP contribution is -2.37. The van der Waals surface area contributed by atoms with Crippen molar-refractivity contribution in [3.05, 3.63) is 59.9 Å². The third-order valence-corrected chi connectivity index (χ3v) is 7.06. The van der Waals surface area contributed by atoms with Gasteiger partial charge in [0.05, 0.1) is 5.56 Å². The van der Waals surface area contributed by atoms with E-state index in [0.717, 1.165) is 18.8 Å². The molecule has 184 valence electrons. The summed E-state index contributed by atoms with van der Waals surface area (Å²) in [5, 5.41) is 14.2. The van der Waals surface area contributed by atoms with Crippen LogP contribution in [-0.2, 0) is 0 Å². The number of nitrogens with one attached hydrogen (secondary N) is 2. The molecule has 35 heavy (non-hydrogen) atoms. The third-order valence-electron chi connectivity index (χ3n) is 7.06. The van der Waals surface area contributed by atoms with Gasteiger partial charge in [0.25, 0.3) is 11.8 Å². The topological polar surface area (TPSA) is 83.3 Å². The van der Waals surface area contributed by atoms with Gasteiger partial charge in [-0.2, -0.15) is 0 Å². The third kappa shape index (κ3) is 6.06. The second kappa shape index (κ2) is 11.0. The molecule has 1 aromatic heterocycles. The van der Waals surface area contributed by atoms with Gasteiger partial charge in [-0.05, 0) is 87.9 Å². The molecule has 2 aromatic carbocycles. The van der Waals surface area contributed by atoms with Crippen molar-refractivity contribution in [2.24, 2.45) is 5.92 Å². The fraction of sp³-hybridized carbons (Fsp3) is 0.444. The Balaban J connectivity index is 1.14. The van der Waals surface area contributed by atoms with Crippen LogP contribution in [0.5, 0.6) is 0 Å². The van der Waals surface area contributed by atoms with Crippen LogP contribution in [0.2, 0.25) is 0 Å². The second-order valence-electron chi connectivity index (χ2n) is 9.65. The van der Waals surface area contributed by atoms with Gasteiger partial charge < -0.3 is 20.0 Å². The molecule has 0 bridgehead atoms. The maximum atomic E-state index is 14.8. The fourth-order valence-electron chi connectivity index (χ4n) is 5.12. The normalized spacial score (nSPS) is 20.9. The summed E-state index contributed by atoms with van der Waals surface area (Å²) in [6, 6.07) is 13.8. The van der Waals surface area contributed by atoms with Gasteiger partial charge >= 0.3 is 6.01 Å². The van der Waals surface area contributed by atoms with Gasteiger partial charge in [0, 0.05) is 23.8 Å². The number of likely N-dealkylation sites (tertiary alicyclic amines) is 1. The summed E-state index contributed by atoms with van der Waals surface area (Å²) in [6.45, 7) is 3.72. The Hall–Kier alpha value is -3.26. The van der Waals surface area contributed by atoms with Crippen LogP contribution < -0.4 is 10.6 Å². The van der Waals surface area contributed by atoms with Crippen LogP contribution in [0.15, 0.2) is 52.9 Å². The molecule has 0 atom stereocenters. The Bertz CT molecular complexity index is 1120. The van der Waals surface area contributed by atoms with Crippen LogP contribution in [0, 0.1) is 11.7 Å². The first kappa shape index (κ1) is 23.5. The van der Waals surface area contributed by atoms with E-state index >= 15 is 0 Å². The Morgan fingerprint density at radius 1 is 1.00 bits per heavy atom. The Morgan fingerprint density at radius 3 is 2.51 bits per heavy atom. The zero-order chi connectivity index (χ0) is 24.0. The predicted molar refractivity (Wildman–Crippen MR) is 134 cm³/mol. The van der Waals surface area contributed by atoms with Crippen LogP contribution >= 0.6 is 0 Å². The van der Waals surface area contributed by atoms with E-state index in [4.69, 9.17) is 4.42 Å². The fourth-order valence-corrected chi connectivity index (χ4v) is 5.12. The van der Waals surface area contributed by atoms with E-state index in [1.54, 1.807) is 36.4 Å². The molecule has 7 nitrogen and oxygen atoms in total. The summed E-state index contributed by atoms with van der Waals surface area (Å²) in [4.78, 5) is 14.9. The van der Waals surface area contributed by atoms with Gasteiger partial charge in [-0.15, -0.1) is 5.10 Å². The number of hydrogen-bond donors (Lipinski definition) is 2. The van der Waals surface area contributed by atoms with Crippen molar-refractivity contribution in [1.29, 1.82) is 0 Å². The van der Waals surface area contributed by atoms with Gasteiger partial charge in [0.15, 0.2) is 0 Å². The molecule has 1 aliphatic heterocycles. The lowest BCUT2D eigenvalue weighted by Gasteiger charge is -2.34. The van der Waals surface area contributed by atoms with Gasteiger partial charge in [-0.25, -0.2) is 4.39 Å². The first-order valence-corrected chi connectivity index (χ1v) is 12.6. The number of rotatable bonds is 7. The summed E-state index contributed by atoms with van der Waals surface area (Å²) >= 11 is 0. The molecule has 3 aromatic rings. The van der Waals surface area contributed by atoms with E-state index in [9.17, 15) is 9.18 Å². The molecule has 1 saturated heterocycles. The number of amides is 1. The number of nitrogens with zero attached hydrogens (tertiary/aromatic N) is 3. The zero-order valence-electron chi connectivity index (χ0n) is 19.9. The van der Waals surface area contributed by atoms with Crippen LogP contribution in [0.1, 0.15) is 55.3 Å². The first-order chi connectivity index (χ1) is 17.1. The number of carbonyl (C=O) groups excluding carboxylic acids is 1. The van der Waals surface area contributed by atoms with Gasteiger partial charge in [0.2, 0.25) is 0 Å². The van der Waals surface area contributed by atoms with Crippen LogP contribution in [0.4, 0.5) is 16.1 Å². The summed E-state index contributed by atoms with van der Waals surface area (Å²) in [5.74, 6) is 0.0427. The number of benzene rings is 2. The maximum absolute atomic E-state index is 14.8. The monoisotopic (exact) mass is 477 g/mol. The highest BCUT2D eigenvalue weighted by molar-refractivity contribution is 6.04. The maximum Gasteiger partial charge on any atom is 0.315 e. The van der Waals surface area contributed by atoms with Crippen LogP contribution in [0.25, 0.3) is 11.5 Å². The molecule has 5 rings (SSSR count). The molecule has 0 radical (unpaired) electrons. The number of aromatic nitrogens is 2. The zero-order valence-corrected chi connectivity index (χ0v) is 19.9. The van der Waals surface area contributed by atoms with Crippen LogP contribution in [-0.4, -0.2) is 46.7 Å². The van der Waals surface area contributed by atoms with Crippen molar-refractivity contribution >= 4 is 17.6 Å². The van der Waals surface area contributed by atoms with Crippen molar-refractivity contribution in [3.63, 3.8) is 0 Å². The number of anilines is 2. The molecule has 1 aliphatic carbocycles. The Labute approximate surface area is 205 Å². The molecule has 0 unspecified atom stereocenters. The second-order valence-corrected chi connectivity index (χ2v) is 9.65. The van der Waals surface area contributed by atoms with Crippen molar-refractivity contribution in [2.45, 2.75) is 51.0 Å². The summed E-state index contributed by atoms with van der Waals surface area (Å²) < 4.78 is 20.5. The lowest BCUT2D eigenvalue weighted by molar-refractivity contribution is 0.102. The van der Waals surface area contributed by atoms with Crippen molar-refractivity contribution in [3.8, 4) is 11.5 Å². The van der Waals surface area contributed by atoms with Crippen molar-refractivity contribution in [1.82, 2.24) is 15.1 Å². The number of piperidine rings is 1. The molecule has 2 fully saturated rings. The van der Waals surface area contributed by atoms with Gasteiger partial charge in [0.1, 0.15) is 5.82 Å². The predicted octanol–water partition coefficient (Wildman–Crippen LogP) is 5.58. The molecular weight excluding hydrogens is 445 g/mol. The summed E-state index contributed by atoms with van der Waals surface area (Å²) in [5.41, 5.74) is 1.07. The molecule has 1 amide bonds. The molecule has 0 spiro atoms.